The molecule has 2 N–H and O–H groups in total. The molecular weight excluding hydrogens is 413 g/mol. The van der Waals surface area contributed by atoms with E-state index in [0.717, 1.165) is 18.9 Å². The van der Waals surface area contributed by atoms with Crippen molar-refractivity contribution in [3.63, 3.8) is 0 Å². The number of hydrogen-bond acceptors (Lipinski definition) is 5. The minimum absolute atomic E-state index is 0.0318. The van der Waals surface area contributed by atoms with Crippen molar-refractivity contribution in [1.82, 2.24) is 10.0 Å². The monoisotopic (exact) mass is 435 g/mol. The maximum atomic E-state index is 13.7. The predicted molar refractivity (Wildman–Crippen MR) is 108 cm³/mol. The molecule has 0 bridgehead atoms. The van der Waals surface area contributed by atoms with E-state index in [2.05, 4.69) is 10.0 Å². The topological polar surface area (TPSA) is 118 Å². The third kappa shape index (κ3) is 4.65. The summed E-state index contributed by atoms with van der Waals surface area (Å²) in [7, 11) is -3.96. The van der Waals surface area contributed by atoms with E-state index in [1.54, 1.807) is 12.1 Å². The lowest BCUT2D eigenvalue weighted by Gasteiger charge is -2.28. The van der Waals surface area contributed by atoms with Gasteiger partial charge in [-0.15, -0.1) is 0 Å². The Morgan fingerprint density at radius 3 is 2.47 bits per heavy atom. The number of benzene rings is 2. The average molecular weight is 435 g/mol. The maximum Gasteiger partial charge on any atom is 0.270 e. The highest BCUT2D eigenvalue weighted by Gasteiger charge is 2.42. The van der Waals surface area contributed by atoms with Gasteiger partial charge in [0.15, 0.2) is 0 Å². The van der Waals surface area contributed by atoms with Crippen LogP contribution in [0.1, 0.15) is 31.2 Å². The summed E-state index contributed by atoms with van der Waals surface area (Å²) >= 11 is 0. The number of nitro groups is 1. The van der Waals surface area contributed by atoms with Crippen molar-refractivity contribution < 1.29 is 22.5 Å². The zero-order chi connectivity index (χ0) is 21.8. The van der Waals surface area contributed by atoms with Crippen molar-refractivity contribution in [3.05, 3.63) is 70.0 Å². The number of hydrogen-bond donors (Lipinski definition) is 2. The van der Waals surface area contributed by atoms with E-state index >= 15 is 0 Å². The van der Waals surface area contributed by atoms with Crippen LogP contribution in [-0.2, 0) is 20.2 Å². The number of carbonyl (C=O) groups is 1. The Kier molecular flexibility index (Phi) is 6.47. The molecule has 1 amide bonds. The number of nitrogens with zero attached hydrogens (tertiary/aromatic N) is 1. The average Bonchev–Trinajstić information content (AvgIpc) is 3.22. The van der Waals surface area contributed by atoms with Crippen LogP contribution < -0.4 is 10.0 Å². The van der Waals surface area contributed by atoms with Crippen molar-refractivity contribution in [3.8, 4) is 0 Å². The first-order valence-electron chi connectivity index (χ1n) is 9.53. The molecule has 0 aromatic heterocycles. The Hall–Kier alpha value is -2.85. The molecule has 0 unspecified atom stereocenters. The first kappa shape index (κ1) is 21.8. The van der Waals surface area contributed by atoms with E-state index < -0.39 is 26.2 Å². The standard InChI is InChI=1S/C20H22FN3O5S/c21-16-6-3-5-15(13-16)20(9-1-2-10-20)19(25)22-11-12-23-30(28,29)18-8-4-7-17(14-18)24(26)27/h3-8,13-14,23H,1-2,9-12H2,(H,22,25). The van der Waals surface area contributed by atoms with E-state index in [-0.39, 0.29) is 29.6 Å². The number of non-ortho nitro benzene ring substituents is 1. The highest BCUT2D eigenvalue weighted by molar-refractivity contribution is 7.89. The summed E-state index contributed by atoms with van der Waals surface area (Å²) in [5.41, 5.74) is -0.528. The van der Waals surface area contributed by atoms with Crippen molar-refractivity contribution in [1.29, 1.82) is 0 Å². The van der Waals surface area contributed by atoms with E-state index in [1.165, 1.54) is 30.3 Å². The molecule has 10 heteroatoms. The van der Waals surface area contributed by atoms with Gasteiger partial charge in [0.25, 0.3) is 5.69 Å². The maximum absolute atomic E-state index is 13.7. The first-order chi connectivity index (χ1) is 14.2. The summed E-state index contributed by atoms with van der Waals surface area (Å²) in [4.78, 5) is 22.8. The largest absolute Gasteiger partial charge is 0.354 e. The smallest absolute Gasteiger partial charge is 0.270 e. The molecule has 0 atom stereocenters. The van der Waals surface area contributed by atoms with Crippen LogP contribution in [0.25, 0.3) is 0 Å². The van der Waals surface area contributed by atoms with Crippen molar-refractivity contribution in [2.45, 2.75) is 36.0 Å². The highest BCUT2D eigenvalue weighted by Crippen LogP contribution is 2.41. The molecule has 1 fully saturated rings. The van der Waals surface area contributed by atoms with Crippen LogP contribution >= 0.6 is 0 Å². The Labute approximate surface area is 173 Å². The second kappa shape index (κ2) is 8.88. The van der Waals surface area contributed by atoms with Gasteiger partial charge in [-0.2, -0.15) is 0 Å². The van der Waals surface area contributed by atoms with Crippen LogP contribution in [0.2, 0.25) is 0 Å². The second-order valence-electron chi connectivity index (χ2n) is 7.21. The van der Waals surface area contributed by atoms with Gasteiger partial charge in [0.1, 0.15) is 5.82 Å². The van der Waals surface area contributed by atoms with Crippen molar-refractivity contribution >= 4 is 21.6 Å². The molecule has 1 saturated carbocycles. The quantitative estimate of drug-likeness (QED) is 0.375. The molecule has 160 valence electrons. The number of amides is 1. The Morgan fingerprint density at radius 1 is 1.10 bits per heavy atom. The lowest BCUT2D eigenvalue weighted by Crippen LogP contribution is -2.45. The van der Waals surface area contributed by atoms with Crippen LogP contribution in [0.3, 0.4) is 0 Å². The molecule has 30 heavy (non-hydrogen) atoms. The SMILES string of the molecule is O=C(NCCNS(=O)(=O)c1cccc([N+](=O)[O-])c1)C1(c2cccc(F)c2)CCCC1. The Morgan fingerprint density at radius 2 is 1.80 bits per heavy atom. The summed E-state index contributed by atoms with van der Waals surface area (Å²) in [6.45, 7) is -0.0555. The number of nitro benzene ring substituents is 1. The van der Waals surface area contributed by atoms with Gasteiger partial charge in [-0.3, -0.25) is 14.9 Å². The number of nitrogens with one attached hydrogen (secondary N) is 2. The summed E-state index contributed by atoms with van der Waals surface area (Å²) in [5.74, 6) is -0.670. The van der Waals surface area contributed by atoms with Crippen LogP contribution in [0.5, 0.6) is 0 Å². The molecule has 1 aliphatic carbocycles. The lowest BCUT2D eigenvalue weighted by molar-refractivity contribution is -0.385. The van der Waals surface area contributed by atoms with E-state index in [1.807, 2.05) is 0 Å². The molecule has 0 saturated heterocycles. The van der Waals surface area contributed by atoms with Crippen LogP contribution in [-0.4, -0.2) is 32.3 Å². The molecule has 0 radical (unpaired) electrons. The van der Waals surface area contributed by atoms with Crippen LogP contribution in [0.15, 0.2) is 53.4 Å². The molecule has 0 aliphatic heterocycles. The van der Waals surface area contributed by atoms with Crippen LogP contribution in [0.4, 0.5) is 10.1 Å². The fourth-order valence-electron chi connectivity index (χ4n) is 3.79. The highest BCUT2D eigenvalue weighted by atomic mass is 32.2. The third-order valence-electron chi connectivity index (χ3n) is 5.31. The Bertz CT molecular complexity index is 1050. The summed E-state index contributed by atoms with van der Waals surface area (Å²) in [5, 5.41) is 13.6. The van der Waals surface area contributed by atoms with Crippen molar-refractivity contribution in [2.75, 3.05) is 13.1 Å². The summed E-state index contributed by atoms with van der Waals surface area (Å²) in [6, 6.07) is 10.7. The lowest BCUT2D eigenvalue weighted by atomic mass is 9.78. The number of halogens is 1. The molecule has 2 aromatic rings. The summed E-state index contributed by atoms with van der Waals surface area (Å²) < 4.78 is 40.7. The van der Waals surface area contributed by atoms with E-state index in [4.69, 9.17) is 0 Å². The number of carbonyl (C=O) groups excluding carboxylic acids is 1. The van der Waals surface area contributed by atoms with Crippen molar-refractivity contribution in [2.24, 2.45) is 0 Å². The third-order valence-corrected chi connectivity index (χ3v) is 6.77. The van der Waals surface area contributed by atoms with Gasteiger partial charge in [-0.1, -0.05) is 31.0 Å². The molecule has 8 nitrogen and oxygen atoms in total. The molecule has 1 aliphatic rings. The fourth-order valence-corrected chi connectivity index (χ4v) is 4.86. The van der Waals surface area contributed by atoms with Crippen LogP contribution in [0, 0.1) is 15.9 Å². The van der Waals surface area contributed by atoms with Gasteiger partial charge in [0.2, 0.25) is 15.9 Å². The Balaban J connectivity index is 1.62. The van der Waals surface area contributed by atoms with E-state index in [0.29, 0.717) is 18.4 Å². The normalized spacial score (nSPS) is 15.6. The zero-order valence-electron chi connectivity index (χ0n) is 16.1. The van der Waals surface area contributed by atoms with Gasteiger partial charge in [0.05, 0.1) is 15.2 Å². The summed E-state index contributed by atoms with van der Waals surface area (Å²) in [6.07, 6.45) is 2.90. The van der Waals surface area contributed by atoms with Gasteiger partial charge >= 0.3 is 0 Å². The minimum atomic E-state index is -3.96. The zero-order valence-corrected chi connectivity index (χ0v) is 17.0. The van der Waals surface area contributed by atoms with E-state index in [9.17, 15) is 27.7 Å². The molecular formula is C20H22FN3O5S. The van der Waals surface area contributed by atoms with Gasteiger partial charge in [0, 0.05) is 25.2 Å². The van der Waals surface area contributed by atoms with Gasteiger partial charge in [-0.05, 0) is 36.6 Å². The molecule has 3 rings (SSSR count). The van der Waals surface area contributed by atoms with Gasteiger partial charge < -0.3 is 5.32 Å². The second-order valence-corrected chi connectivity index (χ2v) is 8.97. The van der Waals surface area contributed by atoms with Gasteiger partial charge in [-0.25, -0.2) is 17.5 Å². The predicted octanol–water partition coefficient (Wildman–Crippen LogP) is 2.64. The first-order valence-corrected chi connectivity index (χ1v) is 11.0. The fraction of sp³-hybridized carbons (Fsp3) is 0.350. The molecule has 2 aromatic carbocycles. The number of sulfonamides is 1. The number of rotatable bonds is 8. The minimum Gasteiger partial charge on any atom is -0.354 e. The molecule has 0 heterocycles. The molecule has 0 spiro atoms.